The summed E-state index contributed by atoms with van der Waals surface area (Å²) in [6.45, 7) is 7.73. The molecule has 28 heavy (non-hydrogen) atoms. The Hall–Kier alpha value is -3.15. The van der Waals surface area contributed by atoms with Gasteiger partial charge in [-0.05, 0) is 75.4 Å². The molecule has 148 valence electrons. The van der Waals surface area contributed by atoms with Gasteiger partial charge in [-0.15, -0.1) is 0 Å². The Labute approximate surface area is 164 Å². The first-order valence-electron chi connectivity index (χ1n) is 9.14. The van der Waals surface area contributed by atoms with Crippen LogP contribution >= 0.6 is 0 Å². The van der Waals surface area contributed by atoms with E-state index in [1.807, 2.05) is 20.8 Å². The Morgan fingerprint density at radius 3 is 2.54 bits per heavy atom. The van der Waals surface area contributed by atoms with Gasteiger partial charge in [0.2, 0.25) is 5.91 Å². The molecule has 1 heterocycles. The number of hydrogen-bond donors (Lipinski definition) is 4. The summed E-state index contributed by atoms with van der Waals surface area (Å²) in [4.78, 5) is 12.4. The molecule has 6 nitrogen and oxygen atoms in total. The van der Waals surface area contributed by atoms with Crippen molar-refractivity contribution in [3.05, 3.63) is 46.5 Å². The van der Waals surface area contributed by atoms with E-state index < -0.39 is 5.91 Å². The summed E-state index contributed by atoms with van der Waals surface area (Å²) >= 11 is 0. The Morgan fingerprint density at radius 1 is 1.14 bits per heavy atom. The van der Waals surface area contributed by atoms with Gasteiger partial charge >= 0.3 is 0 Å². The molecule has 3 rings (SSSR count). The van der Waals surface area contributed by atoms with E-state index in [4.69, 9.17) is 4.74 Å². The first kappa shape index (κ1) is 19.6. The van der Waals surface area contributed by atoms with Crippen molar-refractivity contribution in [2.45, 2.75) is 46.1 Å². The van der Waals surface area contributed by atoms with Crippen molar-refractivity contribution in [3.63, 3.8) is 0 Å². The van der Waals surface area contributed by atoms with Gasteiger partial charge in [0, 0.05) is 11.6 Å². The molecule has 0 spiro atoms. The van der Waals surface area contributed by atoms with E-state index >= 15 is 0 Å². The maximum absolute atomic E-state index is 12.4. The van der Waals surface area contributed by atoms with Crippen LogP contribution in [0.4, 0.5) is 5.69 Å². The third-order valence-corrected chi connectivity index (χ3v) is 5.10. The highest BCUT2D eigenvalue weighted by molar-refractivity contribution is 6.04. The van der Waals surface area contributed by atoms with Crippen LogP contribution < -0.4 is 10.1 Å². The summed E-state index contributed by atoms with van der Waals surface area (Å²) in [7, 11) is 0. The normalized spacial score (nSPS) is 15.1. The summed E-state index contributed by atoms with van der Waals surface area (Å²) in [5.74, 6) is -0.143. The lowest BCUT2D eigenvalue weighted by Gasteiger charge is -2.35. The van der Waals surface area contributed by atoms with Crippen LogP contribution in [0.25, 0.3) is 6.08 Å². The number of benzene rings is 2. The second-order valence-corrected chi connectivity index (χ2v) is 7.71. The third-order valence-electron chi connectivity index (χ3n) is 5.10. The molecule has 0 bridgehead atoms. The van der Waals surface area contributed by atoms with Gasteiger partial charge in [-0.1, -0.05) is 6.07 Å². The van der Waals surface area contributed by atoms with Gasteiger partial charge in [0.25, 0.3) is 0 Å². The molecule has 0 atom stereocenters. The van der Waals surface area contributed by atoms with Crippen LogP contribution in [-0.2, 0) is 11.2 Å². The Kier molecular flexibility index (Phi) is 4.98. The fraction of sp³-hybridized carbons (Fsp3) is 0.318. The van der Waals surface area contributed by atoms with Crippen LogP contribution in [0.5, 0.6) is 23.0 Å². The number of aromatic hydroxyl groups is 3. The summed E-state index contributed by atoms with van der Waals surface area (Å²) in [6.07, 6.45) is 4.27. The quantitative estimate of drug-likeness (QED) is 0.471. The molecule has 0 saturated carbocycles. The standard InChI is InChI=1S/C22H25NO5/c1-12-13(2)21-15(9-10-22(3,4)28-21)19(20(12)27)23-18(26)8-6-14-5-7-16(24)17(25)11-14/h5-8,11,24-25,27H,9-10H2,1-4H3,(H,23,26)/b8-6+. The zero-order valence-electron chi connectivity index (χ0n) is 16.5. The molecule has 6 heteroatoms. The fourth-order valence-electron chi connectivity index (χ4n) is 3.26. The van der Waals surface area contributed by atoms with E-state index in [9.17, 15) is 20.1 Å². The van der Waals surface area contributed by atoms with Gasteiger partial charge in [-0.2, -0.15) is 0 Å². The average molecular weight is 383 g/mol. The molecule has 0 radical (unpaired) electrons. The topological polar surface area (TPSA) is 99.0 Å². The molecule has 1 aliphatic rings. The maximum Gasteiger partial charge on any atom is 0.248 e. The molecule has 2 aromatic carbocycles. The smallest absolute Gasteiger partial charge is 0.248 e. The summed E-state index contributed by atoms with van der Waals surface area (Å²) in [5.41, 5.74) is 2.96. The largest absolute Gasteiger partial charge is 0.505 e. The summed E-state index contributed by atoms with van der Waals surface area (Å²) in [5, 5.41) is 32.3. The SMILES string of the molecule is Cc1c(C)c2c(c(NC(=O)/C=C/c3ccc(O)c(O)c3)c1O)CCC(C)(C)O2. The van der Waals surface area contributed by atoms with Crippen LogP contribution in [0.1, 0.15) is 42.5 Å². The van der Waals surface area contributed by atoms with E-state index in [1.54, 1.807) is 13.0 Å². The van der Waals surface area contributed by atoms with Gasteiger partial charge in [-0.3, -0.25) is 4.79 Å². The molecule has 0 unspecified atom stereocenters. The number of nitrogens with one attached hydrogen (secondary N) is 1. The Bertz CT molecular complexity index is 976. The van der Waals surface area contributed by atoms with Gasteiger partial charge in [0.05, 0.1) is 5.69 Å². The zero-order valence-corrected chi connectivity index (χ0v) is 16.5. The number of carbonyl (C=O) groups excluding carboxylic acids is 1. The van der Waals surface area contributed by atoms with E-state index in [0.717, 1.165) is 17.5 Å². The van der Waals surface area contributed by atoms with Crippen LogP contribution in [-0.4, -0.2) is 26.8 Å². The van der Waals surface area contributed by atoms with Crippen molar-refractivity contribution in [2.24, 2.45) is 0 Å². The van der Waals surface area contributed by atoms with Crippen LogP contribution in [0.15, 0.2) is 24.3 Å². The third kappa shape index (κ3) is 3.76. The second kappa shape index (κ2) is 7.11. The predicted molar refractivity (Wildman–Crippen MR) is 108 cm³/mol. The van der Waals surface area contributed by atoms with E-state index in [1.165, 1.54) is 24.3 Å². The number of rotatable bonds is 3. The highest BCUT2D eigenvalue weighted by atomic mass is 16.5. The number of fused-ring (bicyclic) bond motifs is 1. The fourth-order valence-corrected chi connectivity index (χ4v) is 3.26. The number of ether oxygens (including phenoxy) is 1. The van der Waals surface area contributed by atoms with Gasteiger partial charge in [0.1, 0.15) is 17.1 Å². The molecule has 2 aromatic rings. The van der Waals surface area contributed by atoms with Crippen molar-refractivity contribution in [1.82, 2.24) is 0 Å². The highest BCUT2D eigenvalue weighted by Gasteiger charge is 2.32. The van der Waals surface area contributed by atoms with E-state index in [0.29, 0.717) is 29.0 Å². The van der Waals surface area contributed by atoms with Crippen molar-refractivity contribution < 1.29 is 24.9 Å². The number of amides is 1. The number of phenols is 3. The summed E-state index contributed by atoms with van der Waals surface area (Å²) < 4.78 is 6.13. The molecule has 0 aromatic heterocycles. The van der Waals surface area contributed by atoms with Crippen LogP contribution in [0, 0.1) is 13.8 Å². The first-order valence-corrected chi connectivity index (χ1v) is 9.14. The predicted octanol–water partition coefficient (Wildman–Crippen LogP) is 4.18. The van der Waals surface area contributed by atoms with Crippen LogP contribution in [0.2, 0.25) is 0 Å². The zero-order chi connectivity index (χ0) is 20.6. The maximum atomic E-state index is 12.4. The van der Waals surface area contributed by atoms with E-state index in [2.05, 4.69) is 5.32 Å². The molecule has 0 fully saturated rings. The Morgan fingerprint density at radius 2 is 1.86 bits per heavy atom. The lowest BCUT2D eigenvalue weighted by Crippen LogP contribution is -2.33. The number of anilines is 1. The number of phenolic OH excluding ortho intramolecular Hbond substituents is 3. The van der Waals surface area contributed by atoms with Gasteiger partial charge in [-0.25, -0.2) is 0 Å². The van der Waals surface area contributed by atoms with Crippen LogP contribution in [0.3, 0.4) is 0 Å². The molecular weight excluding hydrogens is 358 g/mol. The lowest BCUT2D eigenvalue weighted by atomic mass is 9.89. The van der Waals surface area contributed by atoms with Gasteiger partial charge in [0.15, 0.2) is 11.5 Å². The monoisotopic (exact) mass is 383 g/mol. The first-order chi connectivity index (χ1) is 13.1. The number of hydrogen-bond acceptors (Lipinski definition) is 5. The molecular formula is C22H25NO5. The number of carbonyl (C=O) groups is 1. The van der Waals surface area contributed by atoms with Crippen molar-refractivity contribution in [3.8, 4) is 23.0 Å². The van der Waals surface area contributed by atoms with E-state index in [-0.39, 0.29) is 22.8 Å². The molecule has 1 amide bonds. The average Bonchev–Trinajstić information content (AvgIpc) is 2.64. The second-order valence-electron chi connectivity index (χ2n) is 7.71. The summed E-state index contributed by atoms with van der Waals surface area (Å²) in [6, 6.07) is 4.27. The molecule has 4 N–H and O–H groups in total. The van der Waals surface area contributed by atoms with Crippen molar-refractivity contribution >= 4 is 17.7 Å². The Balaban J connectivity index is 1.89. The van der Waals surface area contributed by atoms with Crippen molar-refractivity contribution in [2.75, 3.05) is 5.32 Å². The minimum atomic E-state index is -0.418. The molecule has 0 saturated heterocycles. The van der Waals surface area contributed by atoms with Gasteiger partial charge < -0.3 is 25.4 Å². The van der Waals surface area contributed by atoms with Crippen molar-refractivity contribution in [1.29, 1.82) is 0 Å². The molecule has 0 aliphatic carbocycles. The lowest BCUT2D eigenvalue weighted by molar-refractivity contribution is -0.111. The minimum Gasteiger partial charge on any atom is -0.505 e. The molecule has 1 aliphatic heterocycles. The highest BCUT2D eigenvalue weighted by Crippen LogP contribution is 2.46. The minimum absolute atomic E-state index is 0.0450.